The van der Waals surface area contributed by atoms with Gasteiger partial charge in [0.2, 0.25) is 0 Å². The highest BCUT2D eigenvalue weighted by Crippen LogP contribution is 2.48. The lowest BCUT2D eigenvalue weighted by atomic mass is 9.58. The summed E-state index contributed by atoms with van der Waals surface area (Å²) in [6.45, 7) is 11.0. The third-order valence-corrected chi connectivity index (χ3v) is 5.30. The van der Waals surface area contributed by atoms with Crippen LogP contribution in [0.2, 0.25) is 0 Å². The van der Waals surface area contributed by atoms with Crippen molar-refractivity contribution in [3.05, 3.63) is 18.0 Å². The first-order valence-electron chi connectivity index (χ1n) is 9.23. The third-order valence-electron chi connectivity index (χ3n) is 5.30. The highest BCUT2D eigenvalue weighted by atomic mass is 16.5. The Morgan fingerprint density at radius 1 is 1.38 bits per heavy atom. The van der Waals surface area contributed by atoms with Crippen molar-refractivity contribution in [2.75, 3.05) is 13.2 Å². The first-order chi connectivity index (χ1) is 11.6. The lowest BCUT2D eigenvalue weighted by Gasteiger charge is -2.55. The number of hydrogen-bond donors (Lipinski definition) is 2. The Balaban J connectivity index is 2.04. The Bertz CT molecular complexity index is 535. The molecule has 1 aromatic heterocycles. The Morgan fingerprint density at radius 2 is 2.12 bits per heavy atom. The average Bonchev–Trinajstić information content (AvgIpc) is 2.98. The summed E-state index contributed by atoms with van der Waals surface area (Å²) in [6, 6.07) is 0.413. The summed E-state index contributed by atoms with van der Waals surface area (Å²) < 4.78 is 7.78. The van der Waals surface area contributed by atoms with Crippen LogP contribution in [0.15, 0.2) is 17.4 Å². The number of nitrogens with one attached hydrogen (secondary N) is 2. The van der Waals surface area contributed by atoms with Crippen molar-refractivity contribution in [1.29, 1.82) is 0 Å². The van der Waals surface area contributed by atoms with Crippen LogP contribution in [0.5, 0.6) is 0 Å². The average molecular weight is 335 g/mol. The number of rotatable bonds is 8. The first kappa shape index (κ1) is 18.8. The second kappa shape index (κ2) is 8.51. The summed E-state index contributed by atoms with van der Waals surface area (Å²) >= 11 is 0. The van der Waals surface area contributed by atoms with Gasteiger partial charge in [0.15, 0.2) is 5.96 Å². The fraction of sp³-hybridized carbons (Fsp3) is 0.778. The zero-order valence-corrected chi connectivity index (χ0v) is 15.8. The lowest BCUT2D eigenvalue weighted by Crippen LogP contribution is -2.65. The molecule has 1 saturated carbocycles. The fourth-order valence-corrected chi connectivity index (χ4v) is 3.79. The summed E-state index contributed by atoms with van der Waals surface area (Å²) in [4.78, 5) is 4.72. The number of aryl methyl sites for hydroxylation is 1. The molecular weight excluding hydrogens is 302 g/mol. The van der Waals surface area contributed by atoms with E-state index in [1.165, 1.54) is 0 Å². The summed E-state index contributed by atoms with van der Waals surface area (Å²) in [6.07, 6.45) is 7.51. The van der Waals surface area contributed by atoms with Gasteiger partial charge in [-0.15, -0.1) is 0 Å². The summed E-state index contributed by atoms with van der Waals surface area (Å²) in [7, 11) is 1.93. The van der Waals surface area contributed by atoms with E-state index in [0.717, 1.165) is 43.9 Å². The smallest absolute Gasteiger partial charge is 0.191 e. The minimum atomic E-state index is 0.209. The molecule has 2 N–H and O–H groups in total. The second-order valence-electron chi connectivity index (χ2n) is 6.53. The SMILES string of the molecule is CCNC(=NCc1cnn(C)c1)NC1CC(OCC)C1(CC)CC. The maximum absolute atomic E-state index is 5.97. The normalized spacial score (nSPS) is 23.0. The van der Waals surface area contributed by atoms with Crippen LogP contribution in [0, 0.1) is 5.41 Å². The molecule has 2 atom stereocenters. The van der Waals surface area contributed by atoms with E-state index >= 15 is 0 Å². The predicted molar refractivity (Wildman–Crippen MR) is 98.0 cm³/mol. The molecule has 1 fully saturated rings. The summed E-state index contributed by atoms with van der Waals surface area (Å²) in [5, 5.41) is 11.2. The number of nitrogens with zero attached hydrogens (tertiary/aromatic N) is 3. The van der Waals surface area contributed by atoms with Crippen molar-refractivity contribution in [1.82, 2.24) is 20.4 Å². The molecule has 1 aliphatic rings. The molecule has 0 amide bonds. The van der Waals surface area contributed by atoms with Crippen molar-refractivity contribution in [2.24, 2.45) is 17.5 Å². The number of guanidine groups is 1. The van der Waals surface area contributed by atoms with Crippen molar-refractivity contribution >= 4 is 5.96 Å². The monoisotopic (exact) mass is 335 g/mol. The van der Waals surface area contributed by atoms with Crippen molar-refractivity contribution in [2.45, 2.75) is 65.6 Å². The first-order valence-corrected chi connectivity index (χ1v) is 9.23. The molecule has 0 bridgehead atoms. The molecule has 2 rings (SSSR count). The van der Waals surface area contributed by atoms with E-state index in [9.17, 15) is 0 Å². The topological polar surface area (TPSA) is 63.5 Å². The summed E-state index contributed by atoms with van der Waals surface area (Å²) in [5.74, 6) is 0.882. The standard InChI is InChI=1S/C18H33N5O/c1-6-18(7-2)15(10-16(18)24-9-4)22-17(19-8-3)20-11-14-12-21-23(5)13-14/h12-13,15-16H,6-11H2,1-5H3,(H2,19,20,22). The van der Waals surface area contributed by atoms with E-state index in [-0.39, 0.29) is 5.41 Å². The molecule has 6 nitrogen and oxygen atoms in total. The van der Waals surface area contributed by atoms with Crippen molar-refractivity contribution < 1.29 is 4.74 Å². The van der Waals surface area contributed by atoms with E-state index in [2.05, 4.69) is 43.4 Å². The van der Waals surface area contributed by atoms with Gasteiger partial charge in [0.25, 0.3) is 0 Å². The molecule has 1 aromatic rings. The van der Waals surface area contributed by atoms with Gasteiger partial charge in [-0.3, -0.25) is 4.68 Å². The van der Waals surface area contributed by atoms with Gasteiger partial charge in [0.1, 0.15) is 0 Å². The molecule has 1 aliphatic carbocycles. The maximum atomic E-state index is 5.97. The number of aromatic nitrogens is 2. The number of aliphatic imine (C=N–C) groups is 1. The minimum absolute atomic E-state index is 0.209. The summed E-state index contributed by atoms with van der Waals surface area (Å²) in [5.41, 5.74) is 1.33. The molecule has 0 saturated heterocycles. The van der Waals surface area contributed by atoms with E-state index in [0.29, 0.717) is 18.7 Å². The van der Waals surface area contributed by atoms with Gasteiger partial charge in [-0.25, -0.2) is 4.99 Å². The molecule has 2 unspecified atom stereocenters. The highest BCUT2D eigenvalue weighted by molar-refractivity contribution is 5.80. The van der Waals surface area contributed by atoms with Crippen LogP contribution in [0.4, 0.5) is 0 Å². The van der Waals surface area contributed by atoms with E-state index in [1.54, 1.807) is 0 Å². The molecule has 24 heavy (non-hydrogen) atoms. The largest absolute Gasteiger partial charge is 0.378 e. The molecule has 0 aliphatic heterocycles. The third kappa shape index (κ3) is 3.91. The van der Waals surface area contributed by atoms with Gasteiger partial charge in [0.05, 0.1) is 18.8 Å². The van der Waals surface area contributed by atoms with E-state index in [1.807, 2.05) is 24.1 Å². The Labute approximate surface area is 146 Å². The van der Waals surface area contributed by atoms with Gasteiger partial charge < -0.3 is 15.4 Å². The van der Waals surface area contributed by atoms with Crippen LogP contribution in [0.1, 0.15) is 52.5 Å². The zero-order chi connectivity index (χ0) is 17.6. The van der Waals surface area contributed by atoms with Gasteiger partial charge >= 0.3 is 0 Å². The van der Waals surface area contributed by atoms with Crippen LogP contribution in [-0.2, 0) is 18.3 Å². The Kier molecular flexibility index (Phi) is 6.66. The molecule has 0 radical (unpaired) electrons. The van der Waals surface area contributed by atoms with Crippen molar-refractivity contribution in [3.8, 4) is 0 Å². The van der Waals surface area contributed by atoms with E-state index in [4.69, 9.17) is 9.73 Å². The van der Waals surface area contributed by atoms with E-state index < -0.39 is 0 Å². The van der Waals surface area contributed by atoms with Crippen molar-refractivity contribution in [3.63, 3.8) is 0 Å². The van der Waals surface area contributed by atoms with Gasteiger partial charge in [-0.1, -0.05) is 13.8 Å². The molecule has 0 spiro atoms. The fourth-order valence-electron chi connectivity index (χ4n) is 3.79. The highest BCUT2D eigenvalue weighted by Gasteiger charge is 2.53. The Morgan fingerprint density at radius 3 is 2.67 bits per heavy atom. The predicted octanol–water partition coefficient (Wildman–Crippen LogP) is 2.46. The molecule has 1 heterocycles. The molecular formula is C18H33N5O. The molecule has 136 valence electrons. The second-order valence-corrected chi connectivity index (χ2v) is 6.53. The number of hydrogen-bond acceptors (Lipinski definition) is 3. The van der Waals surface area contributed by atoms with Gasteiger partial charge in [-0.05, 0) is 33.1 Å². The zero-order valence-electron chi connectivity index (χ0n) is 15.8. The van der Waals surface area contributed by atoms with Gasteiger partial charge in [-0.2, -0.15) is 5.10 Å². The minimum Gasteiger partial charge on any atom is -0.378 e. The van der Waals surface area contributed by atoms with Crippen LogP contribution in [0.3, 0.4) is 0 Å². The van der Waals surface area contributed by atoms with Gasteiger partial charge in [0, 0.05) is 43.4 Å². The Hall–Kier alpha value is -1.56. The molecule has 6 heteroatoms. The van der Waals surface area contributed by atoms with Crippen LogP contribution < -0.4 is 10.6 Å². The molecule has 0 aromatic carbocycles. The number of ether oxygens (including phenoxy) is 1. The quantitative estimate of drug-likeness (QED) is 0.566. The maximum Gasteiger partial charge on any atom is 0.191 e. The lowest BCUT2D eigenvalue weighted by molar-refractivity contribution is -0.133. The van der Waals surface area contributed by atoms with Crippen LogP contribution in [0.25, 0.3) is 0 Å². The van der Waals surface area contributed by atoms with Crippen LogP contribution in [-0.4, -0.2) is 41.0 Å². The van der Waals surface area contributed by atoms with Crippen LogP contribution >= 0.6 is 0 Å².